The van der Waals surface area contributed by atoms with Crippen LogP contribution in [-0.2, 0) is 11.2 Å². The van der Waals surface area contributed by atoms with Gasteiger partial charge in [0.25, 0.3) is 0 Å². The van der Waals surface area contributed by atoms with Gasteiger partial charge in [0.2, 0.25) is 0 Å². The molecule has 4 nitrogen and oxygen atoms in total. The number of benzene rings is 1. The molecule has 1 aromatic carbocycles. The van der Waals surface area contributed by atoms with E-state index in [-0.39, 0.29) is 6.42 Å². The van der Waals surface area contributed by atoms with E-state index < -0.39 is 5.97 Å². The number of methoxy groups -OCH3 is 1. The highest BCUT2D eigenvalue weighted by molar-refractivity contribution is 5.73. The summed E-state index contributed by atoms with van der Waals surface area (Å²) in [6.45, 7) is 0.578. The molecule has 0 saturated carbocycles. The molecule has 0 atom stereocenters. The van der Waals surface area contributed by atoms with Crippen LogP contribution in [-0.4, -0.2) is 24.7 Å². The third-order valence-electron chi connectivity index (χ3n) is 2.33. The van der Waals surface area contributed by atoms with E-state index in [2.05, 4.69) is 0 Å². The lowest BCUT2D eigenvalue weighted by atomic mass is 10.0. The summed E-state index contributed by atoms with van der Waals surface area (Å²) in [6, 6.07) is 5.36. The van der Waals surface area contributed by atoms with Gasteiger partial charge in [0.1, 0.15) is 5.75 Å². The number of carbonyl (C=O) groups is 1. The third-order valence-corrected chi connectivity index (χ3v) is 2.33. The van der Waals surface area contributed by atoms with Gasteiger partial charge in [0, 0.05) is 0 Å². The molecule has 0 aliphatic heterocycles. The zero-order valence-electron chi connectivity index (χ0n) is 9.85. The maximum atomic E-state index is 10.7. The molecule has 0 saturated heterocycles. The fourth-order valence-corrected chi connectivity index (χ4v) is 1.49. The fourth-order valence-electron chi connectivity index (χ4n) is 1.49. The molecule has 0 aromatic heterocycles. The van der Waals surface area contributed by atoms with Crippen LogP contribution in [0.5, 0.6) is 5.75 Å². The molecular formula is C13H17NO3. The lowest BCUT2D eigenvalue weighted by Gasteiger charge is -2.06. The molecule has 3 N–H and O–H groups in total. The zero-order valence-corrected chi connectivity index (χ0v) is 9.85. The van der Waals surface area contributed by atoms with Crippen molar-refractivity contribution in [3.8, 4) is 5.75 Å². The van der Waals surface area contributed by atoms with E-state index in [0.717, 1.165) is 17.5 Å². The van der Waals surface area contributed by atoms with Crippen LogP contribution >= 0.6 is 0 Å². The molecule has 0 unspecified atom stereocenters. The normalized spacial score (nSPS) is 10.7. The Bertz CT molecular complexity index is 413. The monoisotopic (exact) mass is 235 g/mol. The predicted octanol–water partition coefficient (Wildman–Crippen LogP) is 1.68. The largest absolute Gasteiger partial charge is 0.497 e. The molecule has 17 heavy (non-hydrogen) atoms. The van der Waals surface area contributed by atoms with E-state index in [1.54, 1.807) is 19.2 Å². The van der Waals surface area contributed by atoms with Crippen molar-refractivity contribution in [2.24, 2.45) is 5.73 Å². The van der Waals surface area contributed by atoms with Gasteiger partial charge >= 0.3 is 5.97 Å². The predicted molar refractivity (Wildman–Crippen MR) is 67.0 cm³/mol. The van der Waals surface area contributed by atoms with E-state index >= 15 is 0 Å². The number of rotatable bonds is 6. The Kier molecular flexibility index (Phi) is 5.23. The minimum absolute atomic E-state index is 0.00624. The van der Waals surface area contributed by atoms with Crippen molar-refractivity contribution in [1.29, 1.82) is 0 Å². The molecule has 0 spiro atoms. The standard InChI is InChI=1S/C13H17NO3/c1-17-12-6-5-11(9-13(15)16)10(8-12)4-2-3-7-14/h2,4-6,8H,3,7,9,14H2,1H3,(H,15,16). The molecule has 92 valence electrons. The summed E-state index contributed by atoms with van der Waals surface area (Å²) in [6.07, 6.45) is 4.59. The number of nitrogens with two attached hydrogens (primary N) is 1. The Morgan fingerprint density at radius 2 is 2.29 bits per heavy atom. The topological polar surface area (TPSA) is 72.5 Å². The minimum atomic E-state index is -0.844. The highest BCUT2D eigenvalue weighted by Gasteiger charge is 2.06. The summed E-state index contributed by atoms with van der Waals surface area (Å²) in [4.78, 5) is 10.7. The summed E-state index contributed by atoms with van der Waals surface area (Å²) in [7, 11) is 1.58. The van der Waals surface area contributed by atoms with Gasteiger partial charge in [-0.3, -0.25) is 4.79 Å². The fraction of sp³-hybridized carbons (Fsp3) is 0.308. The molecule has 1 aromatic rings. The summed E-state index contributed by atoms with van der Waals surface area (Å²) in [5.41, 5.74) is 7.03. The first kappa shape index (κ1) is 13.3. The first-order valence-corrected chi connectivity index (χ1v) is 5.42. The van der Waals surface area contributed by atoms with E-state index in [0.29, 0.717) is 12.3 Å². The average molecular weight is 235 g/mol. The van der Waals surface area contributed by atoms with Gasteiger partial charge in [-0.15, -0.1) is 0 Å². The Hall–Kier alpha value is -1.81. The SMILES string of the molecule is COc1ccc(CC(=O)O)c(C=CCCN)c1. The van der Waals surface area contributed by atoms with Crippen LogP contribution in [0.1, 0.15) is 17.5 Å². The van der Waals surface area contributed by atoms with Crippen LogP contribution in [0.25, 0.3) is 6.08 Å². The Morgan fingerprint density at radius 1 is 1.53 bits per heavy atom. The molecule has 0 heterocycles. The average Bonchev–Trinajstić information content (AvgIpc) is 2.30. The van der Waals surface area contributed by atoms with Crippen LogP contribution in [0, 0.1) is 0 Å². The second-order valence-electron chi connectivity index (χ2n) is 3.61. The minimum Gasteiger partial charge on any atom is -0.497 e. The van der Waals surface area contributed by atoms with Crippen molar-refractivity contribution in [3.05, 3.63) is 35.4 Å². The maximum Gasteiger partial charge on any atom is 0.307 e. The molecule has 0 aliphatic carbocycles. The second-order valence-corrected chi connectivity index (χ2v) is 3.61. The highest BCUT2D eigenvalue weighted by Crippen LogP contribution is 2.19. The Labute approximate surface area is 101 Å². The number of carboxylic acids is 1. The zero-order chi connectivity index (χ0) is 12.7. The van der Waals surface area contributed by atoms with E-state index in [1.165, 1.54) is 0 Å². The van der Waals surface area contributed by atoms with Gasteiger partial charge in [-0.05, 0) is 36.2 Å². The van der Waals surface area contributed by atoms with Gasteiger partial charge < -0.3 is 15.6 Å². The summed E-state index contributed by atoms with van der Waals surface area (Å²) < 4.78 is 5.12. The van der Waals surface area contributed by atoms with Crippen LogP contribution < -0.4 is 10.5 Å². The number of carboxylic acid groups (broad SMARTS) is 1. The molecular weight excluding hydrogens is 218 g/mol. The van der Waals surface area contributed by atoms with Crippen molar-refractivity contribution < 1.29 is 14.6 Å². The summed E-state index contributed by atoms with van der Waals surface area (Å²) in [5, 5.41) is 8.81. The van der Waals surface area contributed by atoms with Gasteiger partial charge in [-0.25, -0.2) is 0 Å². The second kappa shape index (κ2) is 6.70. The van der Waals surface area contributed by atoms with Crippen molar-refractivity contribution in [1.82, 2.24) is 0 Å². The Morgan fingerprint density at radius 3 is 2.88 bits per heavy atom. The highest BCUT2D eigenvalue weighted by atomic mass is 16.5. The Balaban J connectivity index is 2.98. The molecule has 0 radical (unpaired) electrons. The van der Waals surface area contributed by atoms with Crippen LogP contribution in [0.4, 0.5) is 0 Å². The molecule has 1 rings (SSSR count). The summed E-state index contributed by atoms with van der Waals surface area (Å²) >= 11 is 0. The van der Waals surface area contributed by atoms with E-state index in [1.807, 2.05) is 18.2 Å². The molecule has 0 fully saturated rings. The number of ether oxygens (including phenoxy) is 1. The third kappa shape index (κ3) is 4.28. The van der Waals surface area contributed by atoms with Crippen molar-refractivity contribution in [3.63, 3.8) is 0 Å². The lowest BCUT2D eigenvalue weighted by molar-refractivity contribution is -0.136. The van der Waals surface area contributed by atoms with Gasteiger partial charge in [0.15, 0.2) is 0 Å². The lowest BCUT2D eigenvalue weighted by Crippen LogP contribution is -2.02. The molecule has 0 bridgehead atoms. The summed E-state index contributed by atoms with van der Waals surface area (Å²) in [5.74, 6) is -0.129. The van der Waals surface area contributed by atoms with Crippen molar-refractivity contribution in [2.45, 2.75) is 12.8 Å². The molecule has 0 aliphatic rings. The smallest absolute Gasteiger partial charge is 0.307 e. The van der Waals surface area contributed by atoms with E-state index in [4.69, 9.17) is 15.6 Å². The van der Waals surface area contributed by atoms with Gasteiger partial charge in [0.05, 0.1) is 13.5 Å². The quantitative estimate of drug-likeness (QED) is 0.787. The van der Waals surface area contributed by atoms with Crippen LogP contribution in [0.3, 0.4) is 0 Å². The number of aliphatic carboxylic acids is 1. The molecule has 4 heteroatoms. The van der Waals surface area contributed by atoms with Crippen LogP contribution in [0.2, 0.25) is 0 Å². The molecule has 0 amide bonds. The number of hydrogen-bond acceptors (Lipinski definition) is 3. The van der Waals surface area contributed by atoms with Crippen LogP contribution in [0.15, 0.2) is 24.3 Å². The van der Waals surface area contributed by atoms with Crippen molar-refractivity contribution in [2.75, 3.05) is 13.7 Å². The van der Waals surface area contributed by atoms with Crippen molar-refractivity contribution >= 4 is 12.0 Å². The first-order chi connectivity index (χ1) is 8.17. The maximum absolute atomic E-state index is 10.7. The van der Waals surface area contributed by atoms with E-state index in [9.17, 15) is 4.79 Å². The number of hydrogen-bond donors (Lipinski definition) is 2. The van der Waals surface area contributed by atoms with Gasteiger partial charge in [-0.1, -0.05) is 18.2 Å². The first-order valence-electron chi connectivity index (χ1n) is 5.42. The van der Waals surface area contributed by atoms with Gasteiger partial charge in [-0.2, -0.15) is 0 Å².